The van der Waals surface area contributed by atoms with Crippen molar-refractivity contribution in [1.82, 2.24) is 4.90 Å². The Hall–Kier alpha value is -1.56. The van der Waals surface area contributed by atoms with E-state index in [9.17, 15) is 14.7 Å². The van der Waals surface area contributed by atoms with Gasteiger partial charge in [-0.2, -0.15) is 0 Å². The second-order valence-corrected chi connectivity index (χ2v) is 9.23. The Morgan fingerprint density at radius 3 is 2.15 bits per heavy atom. The Balaban J connectivity index is 3.24. The molecular weight excluding hydrogens is 346 g/mol. The van der Waals surface area contributed by atoms with Gasteiger partial charge in [0.1, 0.15) is 17.2 Å². The van der Waals surface area contributed by atoms with Gasteiger partial charge in [-0.1, -0.05) is 19.1 Å². The second-order valence-electron chi connectivity index (χ2n) is 9.23. The first-order valence-electron chi connectivity index (χ1n) is 9.84. The number of hydrogen-bond donors (Lipinski definition) is 1. The molecular formula is C21H37NO5. The first-order chi connectivity index (χ1) is 12.3. The molecule has 1 saturated heterocycles. The molecule has 4 atom stereocenters. The lowest BCUT2D eigenvalue weighted by atomic mass is 9.93. The Morgan fingerprint density at radius 2 is 1.70 bits per heavy atom. The fraction of sp³-hybridized carbons (Fsp3) is 0.810. The third-order valence-corrected chi connectivity index (χ3v) is 4.39. The average molecular weight is 384 g/mol. The molecule has 1 heterocycles. The van der Waals surface area contributed by atoms with Gasteiger partial charge in [0.25, 0.3) is 0 Å². The van der Waals surface area contributed by atoms with E-state index in [-0.39, 0.29) is 12.0 Å². The lowest BCUT2D eigenvalue weighted by Gasteiger charge is -2.34. The summed E-state index contributed by atoms with van der Waals surface area (Å²) in [7, 11) is 0. The maximum atomic E-state index is 13.0. The second kappa shape index (κ2) is 9.09. The molecule has 1 aliphatic heterocycles. The topological polar surface area (TPSA) is 76.1 Å². The number of esters is 1. The van der Waals surface area contributed by atoms with Crippen molar-refractivity contribution in [1.29, 1.82) is 0 Å². The van der Waals surface area contributed by atoms with Gasteiger partial charge >= 0.3 is 12.1 Å². The van der Waals surface area contributed by atoms with Gasteiger partial charge in [-0.05, 0) is 67.7 Å². The van der Waals surface area contributed by atoms with Crippen LogP contribution < -0.4 is 0 Å². The first-order valence-corrected chi connectivity index (χ1v) is 9.84. The summed E-state index contributed by atoms with van der Waals surface area (Å²) in [6, 6.07) is -1.04. The van der Waals surface area contributed by atoms with Crippen molar-refractivity contribution in [3.63, 3.8) is 0 Å². The average Bonchev–Trinajstić information content (AvgIpc) is 2.83. The summed E-state index contributed by atoms with van der Waals surface area (Å²) in [4.78, 5) is 27.3. The van der Waals surface area contributed by atoms with E-state index in [1.165, 1.54) is 4.90 Å². The smallest absolute Gasteiger partial charge is 0.411 e. The summed E-state index contributed by atoms with van der Waals surface area (Å²) < 4.78 is 11.1. The summed E-state index contributed by atoms with van der Waals surface area (Å²) in [5, 5.41) is 10.2. The zero-order chi connectivity index (χ0) is 21.0. The molecule has 1 amide bonds. The minimum Gasteiger partial charge on any atom is -0.458 e. The summed E-state index contributed by atoms with van der Waals surface area (Å²) in [5.74, 6) is -0.474. The Morgan fingerprint density at radius 1 is 1.15 bits per heavy atom. The maximum Gasteiger partial charge on any atom is 0.411 e. The molecule has 1 rings (SSSR count). The van der Waals surface area contributed by atoms with Crippen LogP contribution >= 0.6 is 0 Å². The predicted molar refractivity (Wildman–Crippen MR) is 105 cm³/mol. The fourth-order valence-corrected chi connectivity index (χ4v) is 3.31. The van der Waals surface area contributed by atoms with Crippen LogP contribution in [0.15, 0.2) is 12.2 Å². The molecule has 1 N–H and O–H groups in total. The van der Waals surface area contributed by atoms with E-state index in [0.29, 0.717) is 19.3 Å². The molecule has 156 valence electrons. The fourth-order valence-electron chi connectivity index (χ4n) is 3.31. The third kappa shape index (κ3) is 7.17. The number of rotatable bonds is 5. The molecule has 0 bridgehead atoms. The summed E-state index contributed by atoms with van der Waals surface area (Å²) >= 11 is 0. The van der Waals surface area contributed by atoms with Crippen molar-refractivity contribution in [3.05, 3.63) is 12.2 Å². The monoisotopic (exact) mass is 383 g/mol. The van der Waals surface area contributed by atoms with Crippen molar-refractivity contribution >= 4 is 12.1 Å². The largest absolute Gasteiger partial charge is 0.458 e. The summed E-state index contributed by atoms with van der Waals surface area (Å²) in [6.07, 6.45) is 4.25. The van der Waals surface area contributed by atoms with Crippen molar-refractivity contribution in [2.75, 3.05) is 0 Å². The van der Waals surface area contributed by atoms with E-state index >= 15 is 0 Å². The van der Waals surface area contributed by atoms with Gasteiger partial charge in [0.2, 0.25) is 0 Å². The van der Waals surface area contributed by atoms with E-state index in [0.717, 1.165) is 0 Å². The molecule has 0 saturated carbocycles. The van der Waals surface area contributed by atoms with Gasteiger partial charge in [0, 0.05) is 12.0 Å². The van der Waals surface area contributed by atoms with Crippen molar-refractivity contribution < 1.29 is 24.2 Å². The molecule has 2 unspecified atom stereocenters. The molecule has 0 spiro atoms. The number of ether oxygens (including phenoxy) is 2. The molecule has 1 fully saturated rings. The van der Waals surface area contributed by atoms with Crippen LogP contribution in [-0.4, -0.2) is 51.5 Å². The molecule has 0 aromatic rings. The van der Waals surface area contributed by atoms with Crippen LogP contribution in [0.2, 0.25) is 0 Å². The van der Waals surface area contributed by atoms with Gasteiger partial charge in [-0.15, -0.1) is 0 Å². The summed E-state index contributed by atoms with van der Waals surface area (Å²) in [6.45, 7) is 14.6. The normalized spacial score (nSPS) is 24.9. The highest BCUT2D eigenvalue weighted by atomic mass is 16.6. The quantitative estimate of drug-likeness (QED) is 0.572. The molecule has 0 aromatic heterocycles. The van der Waals surface area contributed by atoms with Crippen molar-refractivity contribution in [3.8, 4) is 0 Å². The SMILES string of the molecule is CC=CC1C[C@H](C(=O)OC(C)(C)C)N(C(=O)OC(C)(C)C)[C@@H]1CC(O)CC. The lowest BCUT2D eigenvalue weighted by Crippen LogP contribution is -2.50. The number of aliphatic hydroxyl groups excluding tert-OH is 1. The van der Waals surface area contributed by atoms with Gasteiger partial charge in [-0.3, -0.25) is 4.90 Å². The van der Waals surface area contributed by atoms with E-state index < -0.39 is 35.4 Å². The van der Waals surface area contributed by atoms with E-state index in [1.54, 1.807) is 41.5 Å². The van der Waals surface area contributed by atoms with Crippen molar-refractivity contribution in [2.45, 2.75) is 104 Å². The standard InChI is InChI=1S/C21H37NO5/c1-9-11-14-12-17(18(24)26-20(3,4)5)22(16(14)13-15(23)10-2)19(25)27-21(6,7)8/h9,11,14-17,23H,10,12-13H2,1-8H3/t14?,15?,16-,17-/m1/s1. The molecule has 0 aliphatic carbocycles. The number of carbonyl (C=O) groups is 2. The highest BCUT2D eigenvalue weighted by Crippen LogP contribution is 2.36. The molecule has 6 nitrogen and oxygen atoms in total. The van der Waals surface area contributed by atoms with Crippen molar-refractivity contribution in [2.24, 2.45) is 5.92 Å². The molecule has 0 aromatic carbocycles. The van der Waals surface area contributed by atoms with Crippen LogP contribution in [0.3, 0.4) is 0 Å². The van der Waals surface area contributed by atoms with E-state index in [2.05, 4.69) is 0 Å². The number of carbonyl (C=O) groups excluding carboxylic acids is 2. The molecule has 6 heteroatoms. The van der Waals surface area contributed by atoms with Gasteiger partial charge in [-0.25, -0.2) is 9.59 Å². The van der Waals surface area contributed by atoms with Crippen LogP contribution in [0, 0.1) is 5.92 Å². The number of likely N-dealkylation sites (tertiary alicyclic amines) is 1. The van der Waals surface area contributed by atoms with Gasteiger partial charge in [0.05, 0.1) is 6.10 Å². The molecule has 1 aliphatic rings. The number of nitrogens with zero attached hydrogens (tertiary/aromatic N) is 1. The van der Waals surface area contributed by atoms with Gasteiger partial charge in [0.15, 0.2) is 0 Å². The Labute approximate surface area is 163 Å². The highest BCUT2D eigenvalue weighted by molar-refractivity contribution is 5.83. The molecule has 0 radical (unpaired) electrons. The Kier molecular flexibility index (Phi) is 7.90. The summed E-state index contributed by atoms with van der Waals surface area (Å²) in [5.41, 5.74) is -1.32. The highest BCUT2D eigenvalue weighted by Gasteiger charge is 2.49. The maximum absolute atomic E-state index is 13.0. The number of hydrogen-bond acceptors (Lipinski definition) is 5. The van der Waals surface area contributed by atoms with Crippen LogP contribution in [-0.2, 0) is 14.3 Å². The minimum absolute atomic E-state index is 0.0405. The lowest BCUT2D eigenvalue weighted by molar-refractivity contribution is -0.160. The Bertz CT molecular complexity index is 544. The van der Waals surface area contributed by atoms with Crippen LogP contribution in [0.1, 0.15) is 74.7 Å². The van der Waals surface area contributed by atoms with E-state index in [4.69, 9.17) is 9.47 Å². The zero-order valence-electron chi connectivity index (χ0n) is 18.1. The van der Waals surface area contributed by atoms with Crippen LogP contribution in [0.4, 0.5) is 4.79 Å². The van der Waals surface area contributed by atoms with Gasteiger partial charge < -0.3 is 14.6 Å². The number of amides is 1. The zero-order valence-corrected chi connectivity index (χ0v) is 18.1. The molecule has 27 heavy (non-hydrogen) atoms. The van der Waals surface area contributed by atoms with Crippen LogP contribution in [0.25, 0.3) is 0 Å². The minimum atomic E-state index is -0.727. The predicted octanol–water partition coefficient (Wildman–Crippen LogP) is 4.06. The number of allylic oxidation sites excluding steroid dienone is 1. The first kappa shape index (κ1) is 23.5. The number of aliphatic hydroxyl groups is 1. The third-order valence-electron chi connectivity index (χ3n) is 4.39. The van der Waals surface area contributed by atoms with E-state index in [1.807, 2.05) is 26.0 Å². The van der Waals surface area contributed by atoms with Crippen LogP contribution in [0.5, 0.6) is 0 Å².